The molecule has 2 aromatic rings. The lowest BCUT2D eigenvalue weighted by Gasteiger charge is -2.01. The SMILES string of the molecule is Nc1ncc(Br)c(Sc2ncccn2)n1. The first-order chi connectivity index (χ1) is 7.25. The molecule has 2 aromatic heterocycles. The predicted molar refractivity (Wildman–Crippen MR) is 60.3 cm³/mol. The predicted octanol–water partition coefficient (Wildman–Crippen LogP) is 1.76. The summed E-state index contributed by atoms with van der Waals surface area (Å²) in [5.41, 5.74) is 5.48. The summed E-state index contributed by atoms with van der Waals surface area (Å²) in [7, 11) is 0. The van der Waals surface area contributed by atoms with E-state index in [1.807, 2.05) is 0 Å². The number of nitrogens with two attached hydrogens (primary N) is 1. The maximum absolute atomic E-state index is 5.48. The summed E-state index contributed by atoms with van der Waals surface area (Å²) in [6.07, 6.45) is 4.95. The van der Waals surface area contributed by atoms with E-state index in [2.05, 4.69) is 35.9 Å². The van der Waals surface area contributed by atoms with Gasteiger partial charge in [0, 0.05) is 18.6 Å². The molecular weight excluding hydrogens is 278 g/mol. The van der Waals surface area contributed by atoms with Gasteiger partial charge in [-0.05, 0) is 33.8 Å². The topological polar surface area (TPSA) is 77.6 Å². The Morgan fingerprint density at radius 3 is 2.67 bits per heavy atom. The Balaban J connectivity index is 2.28. The van der Waals surface area contributed by atoms with E-state index in [4.69, 9.17) is 5.73 Å². The van der Waals surface area contributed by atoms with Gasteiger partial charge in [-0.25, -0.2) is 19.9 Å². The van der Waals surface area contributed by atoms with Gasteiger partial charge in [-0.3, -0.25) is 0 Å². The molecule has 0 fully saturated rings. The third-order valence-electron chi connectivity index (χ3n) is 1.46. The molecule has 7 heteroatoms. The van der Waals surface area contributed by atoms with E-state index in [1.54, 1.807) is 24.7 Å². The van der Waals surface area contributed by atoms with E-state index < -0.39 is 0 Å². The second kappa shape index (κ2) is 4.54. The quantitative estimate of drug-likeness (QED) is 0.669. The van der Waals surface area contributed by atoms with Crippen molar-refractivity contribution in [2.24, 2.45) is 0 Å². The first kappa shape index (κ1) is 10.3. The van der Waals surface area contributed by atoms with Crippen LogP contribution in [0.1, 0.15) is 0 Å². The Bertz CT molecular complexity index is 464. The first-order valence-corrected chi connectivity index (χ1v) is 5.59. The van der Waals surface area contributed by atoms with Crippen molar-refractivity contribution >= 4 is 33.6 Å². The number of aromatic nitrogens is 4. The fraction of sp³-hybridized carbons (Fsp3) is 0. The molecule has 0 radical (unpaired) electrons. The average molecular weight is 284 g/mol. The molecular formula is C8H6BrN5S. The molecule has 0 amide bonds. The lowest BCUT2D eigenvalue weighted by atomic mass is 10.7. The summed E-state index contributed by atoms with van der Waals surface area (Å²) >= 11 is 4.66. The lowest BCUT2D eigenvalue weighted by Crippen LogP contribution is -1.96. The molecule has 0 saturated heterocycles. The molecule has 0 bridgehead atoms. The van der Waals surface area contributed by atoms with Gasteiger partial charge in [-0.1, -0.05) is 0 Å². The van der Waals surface area contributed by atoms with Crippen LogP contribution in [0.4, 0.5) is 5.95 Å². The fourth-order valence-corrected chi connectivity index (χ4v) is 1.98. The van der Waals surface area contributed by atoms with Crippen LogP contribution in [0.25, 0.3) is 0 Å². The van der Waals surface area contributed by atoms with E-state index in [-0.39, 0.29) is 5.95 Å². The molecule has 0 aromatic carbocycles. The van der Waals surface area contributed by atoms with Crippen molar-refractivity contribution in [3.8, 4) is 0 Å². The second-order valence-electron chi connectivity index (χ2n) is 2.51. The van der Waals surface area contributed by atoms with Gasteiger partial charge < -0.3 is 5.73 Å². The largest absolute Gasteiger partial charge is 0.368 e. The fourth-order valence-electron chi connectivity index (χ4n) is 0.860. The molecule has 0 atom stereocenters. The van der Waals surface area contributed by atoms with Gasteiger partial charge in [-0.2, -0.15) is 0 Å². The first-order valence-electron chi connectivity index (χ1n) is 3.98. The van der Waals surface area contributed by atoms with Crippen LogP contribution in [0.3, 0.4) is 0 Å². The highest BCUT2D eigenvalue weighted by atomic mass is 79.9. The summed E-state index contributed by atoms with van der Waals surface area (Å²) < 4.78 is 0.772. The van der Waals surface area contributed by atoms with E-state index in [1.165, 1.54) is 11.8 Å². The number of rotatable bonds is 2. The van der Waals surface area contributed by atoms with Crippen molar-refractivity contribution in [2.75, 3.05) is 5.73 Å². The molecule has 0 unspecified atom stereocenters. The number of anilines is 1. The van der Waals surface area contributed by atoms with Gasteiger partial charge >= 0.3 is 0 Å². The number of nitrogens with zero attached hydrogens (tertiary/aromatic N) is 4. The monoisotopic (exact) mass is 283 g/mol. The Kier molecular flexibility index (Phi) is 3.12. The van der Waals surface area contributed by atoms with Gasteiger partial charge in [0.2, 0.25) is 5.95 Å². The Morgan fingerprint density at radius 2 is 1.93 bits per heavy atom. The molecule has 0 spiro atoms. The van der Waals surface area contributed by atoms with Crippen molar-refractivity contribution in [1.82, 2.24) is 19.9 Å². The number of halogens is 1. The van der Waals surface area contributed by atoms with Gasteiger partial charge in [0.05, 0.1) is 4.47 Å². The second-order valence-corrected chi connectivity index (χ2v) is 4.33. The Hall–Kier alpha value is -1.21. The van der Waals surface area contributed by atoms with Crippen LogP contribution in [0, 0.1) is 0 Å². The molecule has 0 aliphatic rings. The zero-order valence-electron chi connectivity index (χ0n) is 7.46. The normalized spacial score (nSPS) is 10.2. The van der Waals surface area contributed by atoms with Crippen molar-refractivity contribution < 1.29 is 0 Å². The highest BCUT2D eigenvalue weighted by molar-refractivity contribution is 9.10. The molecule has 0 aliphatic heterocycles. The minimum Gasteiger partial charge on any atom is -0.368 e. The van der Waals surface area contributed by atoms with Crippen LogP contribution in [0.15, 0.2) is 39.3 Å². The van der Waals surface area contributed by atoms with Crippen LogP contribution >= 0.6 is 27.7 Å². The highest BCUT2D eigenvalue weighted by Crippen LogP contribution is 2.28. The van der Waals surface area contributed by atoms with Gasteiger partial charge in [0.1, 0.15) is 5.03 Å². The highest BCUT2D eigenvalue weighted by Gasteiger charge is 2.06. The summed E-state index contributed by atoms with van der Waals surface area (Å²) in [6.45, 7) is 0. The standard InChI is InChI=1S/C8H6BrN5S/c9-5-4-13-7(10)14-6(5)15-8-11-2-1-3-12-8/h1-4H,(H2,10,13,14). The molecule has 2 heterocycles. The Labute approximate surface area is 98.7 Å². The van der Waals surface area contributed by atoms with Crippen LogP contribution in [0.5, 0.6) is 0 Å². The summed E-state index contributed by atoms with van der Waals surface area (Å²) in [4.78, 5) is 16.1. The van der Waals surface area contributed by atoms with Crippen molar-refractivity contribution in [1.29, 1.82) is 0 Å². The van der Waals surface area contributed by atoms with Crippen molar-refractivity contribution in [3.63, 3.8) is 0 Å². The van der Waals surface area contributed by atoms with E-state index in [0.29, 0.717) is 10.2 Å². The molecule has 15 heavy (non-hydrogen) atoms. The maximum atomic E-state index is 5.48. The molecule has 5 nitrogen and oxygen atoms in total. The number of hydrogen-bond donors (Lipinski definition) is 1. The van der Waals surface area contributed by atoms with Crippen molar-refractivity contribution in [2.45, 2.75) is 10.2 Å². The zero-order chi connectivity index (χ0) is 10.7. The summed E-state index contributed by atoms with van der Waals surface area (Å²) in [6, 6.07) is 1.76. The number of nitrogen functional groups attached to an aromatic ring is 1. The molecule has 0 aliphatic carbocycles. The molecule has 0 saturated carbocycles. The van der Waals surface area contributed by atoms with Crippen molar-refractivity contribution in [3.05, 3.63) is 29.1 Å². The van der Waals surface area contributed by atoms with Gasteiger partial charge in [0.15, 0.2) is 5.16 Å². The van der Waals surface area contributed by atoms with E-state index in [9.17, 15) is 0 Å². The smallest absolute Gasteiger partial charge is 0.221 e. The molecule has 2 rings (SSSR count). The van der Waals surface area contributed by atoms with Crippen LogP contribution in [-0.4, -0.2) is 19.9 Å². The van der Waals surface area contributed by atoms with E-state index >= 15 is 0 Å². The summed E-state index contributed by atoms with van der Waals surface area (Å²) in [5, 5.41) is 1.32. The third kappa shape index (κ3) is 2.63. The number of hydrogen-bond acceptors (Lipinski definition) is 6. The van der Waals surface area contributed by atoms with Gasteiger partial charge in [-0.15, -0.1) is 0 Å². The van der Waals surface area contributed by atoms with E-state index in [0.717, 1.165) is 4.47 Å². The molecule has 2 N–H and O–H groups in total. The minimum atomic E-state index is 0.233. The maximum Gasteiger partial charge on any atom is 0.221 e. The van der Waals surface area contributed by atoms with Crippen LogP contribution in [-0.2, 0) is 0 Å². The third-order valence-corrected chi connectivity index (χ3v) is 3.20. The zero-order valence-corrected chi connectivity index (χ0v) is 9.86. The summed E-state index contributed by atoms with van der Waals surface area (Å²) in [5.74, 6) is 0.233. The van der Waals surface area contributed by atoms with Gasteiger partial charge in [0.25, 0.3) is 0 Å². The Morgan fingerprint density at radius 1 is 1.20 bits per heavy atom. The molecule has 76 valence electrons. The average Bonchev–Trinajstić information content (AvgIpc) is 2.25. The minimum absolute atomic E-state index is 0.233. The van der Waals surface area contributed by atoms with Crippen LogP contribution in [0.2, 0.25) is 0 Å². The van der Waals surface area contributed by atoms with Crippen LogP contribution < -0.4 is 5.73 Å². The lowest BCUT2D eigenvalue weighted by molar-refractivity contribution is 0.954.